The van der Waals surface area contributed by atoms with Gasteiger partial charge in [0.25, 0.3) is 5.56 Å². The van der Waals surface area contributed by atoms with Gasteiger partial charge >= 0.3 is 0 Å². The first-order valence-corrected chi connectivity index (χ1v) is 6.88. The Morgan fingerprint density at radius 3 is 2.72 bits per heavy atom. The van der Waals surface area contributed by atoms with Crippen molar-refractivity contribution in [3.05, 3.63) is 21.0 Å². The Morgan fingerprint density at radius 2 is 2.17 bits per heavy atom. The molecule has 0 aliphatic heterocycles. The second kappa shape index (κ2) is 6.89. The highest BCUT2D eigenvalue weighted by Gasteiger charge is 2.10. The molecule has 0 saturated carbocycles. The van der Waals surface area contributed by atoms with E-state index in [0.29, 0.717) is 4.47 Å². The maximum Gasteiger partial charge on any atom is 0.283 e. The molecule has 0 bridgehead atoms. The van der Waals surface area contributed by atoms with Gasteiger partial charge < -0.3 is 10.2 Å². The van der Waals surface area contributed by atoms with Crippen molar-refractivity contribution < 1.29 is 0 Å². The van der Waals surface area contributed by atoms with Crippen LogP contribution in [-0.4, -0.2) is 41.9 Å². The molecule has 0 aliphatic rings. The SMILES string of the molecule is CC(C)n1ncc(NCCCN(C)C)c(Br)c1=O. The molecule has 0 radical (unpaired) electrons. The first kappa shape index (κ1) is 15.2. The van der Waals surface area contributed by atoms with Crippen LogP contribution in [0.2, 0.25) is 0 Å². The van der Waals surface area contributed by atoms with Crippen LogP contribution in [0.5, 0.6) is 0 Å². The molecular weight excluding hydrogens is 296 g/mol. The van der Waals surface area contributed by atoms with E-state index in [4.69, 9.17) is 0 Å². The van der Waals surface area contributed by atoms with Gasteiger partial charge in [-0.3, -0.25) is 4.79 Å². The average molecular weight is 317 g/mol. The largest absolute Gasteiger partial charge is 0.383 e. The van der Waals surface area contributed by atoms with Crippen molar-refractivity contribution in [3.8, 4) is 0 Å². The molecule has 0 aliphatic carbocycles. The predicted molar refractivity (Wildman–Crippen MR) is 78.2 cm³/mol. The van der Waals surface area contributed by atoms with Gasteiger partial charge in [0, 0.05) is 6.54 Å². The van der Waals surface area contributed by atoms with Crippen LogP contribution in [0.25, 0.3) is 0 Å². The van der Waals surface area contributed by atoms with Crippen molar-refractivity contribution in [2.45, 2.75) is 26.3 Å². The Morgan fingerprint density at radius 1 is 1.50 bits per heavy atom. The molecule has 1 aromatic heterocycles. The number of hydrogen-bond acceptors (Lipinski definition) is 4. The monoisotopic (exact) mass is 316 g/mol. The number of anilines is 1. The summed E-state index contributed by atoms with van der Waals surface area (Å²) in [5.74, 6) is 0. The summed E-state index contributed by atoms with van der Waals surface area (Å²) < 4.78 is 2.02. The first-order chi connectivity index (χ1) is 8.43. The van der Waals surface area contributed by atoms with Crippen LogP contribution in [0, 0.1) is 0 Å². The second-order valence-corrected chi connectivity index (χ2v) is 5.59. The summed E-state index contributed by atoms with van der Waals surface area (Å²) in [6.45, 7) is 5.71. The van der Waals surface area contributed by atoms with Gasteiger partial charge in [-0.05, 0) is 56.8 Å². The number of nitrogens with one attached hydrogen (secondary N) is 1. The van der Waals surface area contributed by atoms with Crippen LogP contribution in [0.3, 0.4) is 0 Å². The van der Waals surface area contributed by atoms with Crippen molar-refractivity contribution >= 4 is 21.6 Å². The maximum atomic E-state index is 12.0. The summed E-state index contributed by atoms with van der Waals surface area (Å²) in [7, 11) is 4.09. The molecule has 18 heavy (non-hydrogen) atoms. The van der Waals surface area contributed by atoms with Crippen LogP contribution in [0.4, 0.5) is 5.69 Å². The summed E-state index contributed by atoms with van der Waals surface area (Å²) in [5.41, 5.74) is 0.665. The molecule has 5 nitrogen and oxygen atoms in total. The van der Waals surface area contributed by atoms with E-state index in [1.54, 1.807) is 6.20 Å². The lowest BCUT2D eigenvalue weighted by Gasteiger charge is -2.13. The number of hydrogen-bond donors (Lipinski definition) is 1. The van der Waals surface area contributed by atoms with Gasteiger partial charge in [0.15, 0.2) is 0 Å². The molecule has 0 aromatic carbocycles. The zero-order chi connectivity index (χ0) is 13.7. The van der Waals surface area contributed by atoms with Crippen LogP contribution < -0.4 is 10.9 Å². The smallest absolute Gasteiger partial charge is 0.283 e. The molecule has 102 valence electrons. The van der Waals surface area contributed by atoms with E-state index >= 15 is 0 Å². The van der Waals surface area contributed by atoms with Crippen molar-refractivity contribution in [2.24, 2.45) is 0 Å². The van der Waals surface area contributed by atoms with E-state index in [1.807, 2.05) is 27.9 Å². The summed E-state index contributed by atoms with van der Waals surface area (Å²) in [6, 6.07) is 0.0663. The van der Waals surface area contributed by atoms with Crippen molar-refractivity contribution in [1.82, 2.24) is 14.7 Å². The maximum absolute atomic E-state index is 12.0. The Kier molecular flexibility index (Phi) is 5.81. The molecule has 0 spiro atoms. The van der Waals surface area contributed by atoms with Gasteiger partial charge in [0.05, 0.1) is 17.9 Å². The van der Waals surface area contributed by atoms with E-state index in [1.165, 1.54) is 4.68 Å². The molecule has 6 heteroatoms. The summed E-state index contributed by atoms with van der Waals surface area (Å²) >= 11 is 3.33. The highest BCUT2D eigenvalue weighted by atomic mass is 79.9. The molecule has 1 N–H and O–H groups in total. The molecular formula is C12H21BrN4O. The normalized spacial score (nSPS) is 11.3. The van der Waals surface area contributed by atoms with Crippen molar-refractivity contribution in [1.29, 1.82) is 0 Å². The van der Waals surface area contributed by atoms with Gasteiger partial charge in [-0.1, -0.05) is 0 Å². The Hall–Kier alpha value is -0.880. The second-order valence-electron chi connectivity index (χ2n) is 4.80. The van der Waals surface area contributed by atoms with E-state index < -0.39 is 0 Å². The zero-order valence-electron chi connectivity index (χ0n) is 11.4. The standard InChI is InChI=1S/C12H21BrN4O/c1-9(2)17-12(18)11(13)10(8-15-17)14-6-5-7-16(3)4/h8-9,14H,5-7H2,1-4H3. The minimum absolute atomic E-state index is 0.0663. The van der Waals surface area contributed by atoms with Crippen LogP contribution in [0.1, 0.15) is 26.3 Å². The Bertz CT molecular complexity index is 442. The lowest BCUT2D eigenvalue weighted by atomic mass is 10.3. The fraction of sp³-hybridized carbons (Fsp3) is 0.667. The first-order valence-electron chi connectivity index (χ1n) is 6.09. The third-order valence-electron chi connectivity index (χ3n) is 2.53. The molecule has 0 atom stereocenters. The van der Waals surface area contributed by atoms with E-state index in [0.717, 1.165) is 25.2 Å². The van der Waals surface area contributed by atoms with Gasteiger partial charge in [-0.25, -0.2) is 4.68 Å². The molecule has 1 aromatic rings. The molecule has 0 amide bonds. The topological polar surface area (TPSA) is 50.2 Å². The quantitative estimate of drug-likeness (QED) is 0.815. The van der Waals surface area contributed by atoms with Gasteiger partial charge in [-0.15, -0.1) is 0 Å². The lowest BCUT2D eigenvalue weighted by molar-refractivity contribution is 0.405. The van der Waals surface area contributed by atoms with Crippen molar-refractivity contribution in [2.75, 3.05) is 32.5 Å². The molecule has 0 unspecified atom stereocenters. The van der Waals surface area contributed by atoms with E-state index in [-0.39, 0.29) is 11.6 Å². The molecule has 0 fully saturated rings. The fourth-order valence-electron chi connectivity index (χ4n) is 1.55. The Labute approximate surface area is 116 Å². The van der Waals surface area contributed by atoms with Crippen LogP contribution >= 0.6 is 15.9 Å². The zero-order valence-corrected chi connectivity index (χ0v) is 13.0. The highest BCUT2D eigenvalue weighted by molar-refractivity contribution is 9.10. The third-order valence-corrected chi connectivity index (χ3v) is 3.30. The minimum atomic E-state index is -0.0948. The molecule has 0 saturated heterocycles. The number of rotatable bonds is 6. The average Bonchev–Trinajstić information content (AvgIpc) is 2.29. The van der Waals surface area contributed by atoms with Crippen molar-refractivity contribution in [3.63, 3.8) is 0 Å². The number of nitrogens with zero attached hydrogens (tertiary/aromatic N) is 3. The molecule has 1 heterocycles. The van der Waals surface area contributed by atoms with E-state index in [2.05, 4.69) is 31.2 Å². The van der Waals surface area contributed by atoms with Gasteiger partial charge in [-0.2, -0.15) is 5.10 Å². The highest BCUT2D eigenvalue weighted by Crippen LogP contribution is 2.16. The minimum Gasteiger partial charge on any atom is -0.383 e. The van der Waals surface area contributed by atoms with Crippen LogP contribution in [0.15, 0.2) is 15.5 Å². The van der Waals surface area contributed by atoms with Crippen LogP contribution in [-0.2, 0) is 0 Å². The number of halogens is 1. The summed E-state index contributed by atoms with van der Waals surface area (Å²) in [4.78, 5) is 14.1. The lowest BCUT2D eigenvalue weighted by Crippen LogP contribution is -2.26. The van der Waals surface area contributed by atoms with Gasteiger partial charge in [0.1, 0.15) is 4.47 Å². The summed E-state index contributed by atoms with van der Waals surface area (Å²) in [5, 5.41) is 7.38. The number of aromatic nitrogens is 2. The fourth-order valence-corrected chi connectivity index (χ4v) is 1.98. The Balaban J connectivity index is 2.68. The summed E-state index contributed by atoms with van der Waals surface area (Å²) in [6.07, 6.45) is 2.72. The third kappa shape index (κ3) is 4.10. The van der Waals surface area contributed by atoms with E-state index in [9.17, 15) is 4.79 Å². The predicted octanol–water partition coefficient (Wildman–Crippen LogP) is 1.95. The molecule has 1 rings (SSSR count). The van der Waals surface area contributed by atoms with Gasteiger partial charge in [0.2, 0.25) is 0 Å².